The molecular weight excluding hydrogens is 189 g/mol. The molecular formula is C11H23BNO2. The van der Waals surface area contributed by atoms with Crippen molar-refractivity contribution in [2.45, 2.75) is 52.2 Å². The van der Waals surface area contributed by atoms with E-state index in [1.807, 2.05) is 26.8 Å². The lowest BCUT2D eigenvalue weighted by atomic mass is 9.81. The number of hydrogen-bond acceptors (Lipinski definition) is 3. The molecule has 0 spiro atoms. The lowest BCUT2D eigenvalue weighted by Crippen LogP contribution is -2.48. The van der Waals surface area contributed by atoms with Crippen LogP contribution >= 0.6 is 0 Å². The molecule has 4 heteroatoms. The highest BCUT2D eigenvalue weighted by molar-refractivity contribution is 6.38. The lowest BCUT2D eigenvalue weighted by molar-refractivity contribution is -0.0897. The summed E-state index contributed by atoms with van der Waals surface area (Å²) in [6.07, 6.45) is 2.79. The molecule has 0 bridgehead atoms. The monoisotopic (exact) mass is 212 g/mol. The van der Waals surface area contributed by atoms with Gasteiger partial charge in [-0.15, -0.1) is 0 Å². The molecule has 0 fully saturated rings. The molecule has 0 saturated carbocycles. The van der Waals surface area contributed by atoms with Gasteiger partial charge in [0.2, 0.25) is 0 Å². The van der Waals surface area contributed by atoms with Crippen LogP contribution in [-0.2, 0) is 4.65 Å². The molecule has 0 heterocycles. The maximum absolute atomic E-state index is 9.87. The minimum Gasteiger partial charge on any atom is -0.427 e. The molecule has 87 valence electrons. The summed E-state index contributed by atoms with van der Waals surface area (Å²) in [7, 11) is 1.69. The van der Waals surface area contributed by atoms with Crippen molar-refractivity contribution in [2.75, 3.05) is 6.54 Å². The van der Waals surface area contributed by atoms with Crippen LogP contribution in [-0.4, -0.2) is 30.3 Å². The number of hydrogen-bond donors (Lipinski definition) is 2. The first-order chi connectivity index (χ1) is 6.74. The maximum atomic E-state index is 9.87. The third-order valence-electron chi connectivity index (χ3n) is 2.77. The second kappa shape index (κ2) is 5.68. The van der Waals surface area contributed by atoms with Crippen molar-refractivity contribution in [1.82, 2.24) is 0 Å². The van der Waals surface area contributed by atoms with Gasteiger partial charge in [-0.25, -0.2) is 0 Å². The summed E-state index contributed by atoms with van der Waals surface area (Å²) < 4.78 is 5.60. The van der Waals surface area contributed by atoms with Gasteiger partial charge in [0.25, 0.3) is 0 Å². The predicted octanol–water partition coefficient (Wildman–Crippen LogP) is 1.42. The minimum absolute atomic E-state index is 0.506. The molecule has 0 aliphatic carbocycles. The van der Waals surface area contributed by atoms with E-state index in [0.29, 0.717) is 6.54 Å². The molecule has 0 aliphatic rings. The van der Waals surface area contributed by atoms with Gasteiger partial charge in [0.05, 0.1) is 11.2 Å². The fraction of sp³-hybridized carbons (Fsp3) is 0.818. The molecule has 0 aromatic rings. The van der Waals surface area contributed by atoms with Crippen LogP contribution in [0.3, 0.4) is 0 Å². The molecule has 0 rings (SSSR count). The molecule has 1 radical (unpaired) electrons. The van der Waals surface area contributed by atoms with Crippen molar-refractivity contribution < 1.29 is 9.76 Å². The Balaban J connectivity index is 4.31. The van der Waals surface area contributed by atoms with E-state index in [0.717, 1.165) is 11.9 Å². The van der Waals surface area contributed by atoms with Crippen molar-refractivity contribution in [3.63, 3.8) is 0 Å². The topological polar surface area (TPSA) is 55.5 Å². The van der Waals surface area contributed by atoms with Crippen LogP contribution in [0.2, 0.25) is 0 Å². The molecule has 0 saturated heterocycles. The van der Waals surface area contributed by atoms with E-state index in [1.54, 1.807) is 21.3 Å². The SMILES string of the molecule is CC/C([B]OC(C)(C)C(C)(C)O)=C\CN. The Labute approximate surface area is 94.0 Å². The highest BCUT2D eigenvalue weighted by atomic mass is 16.5. The van der Waals surface area contributed by atoms with Gasteiger partial charge in [0.15, 0.2) is 0 Å². The van der Waals surface area contributed by atoms with Crippen LogP contribution in [0, 0.1) is 0 Å². The Morgan fingerprint density at radius 3 is 2.27 bits per heavy atom. The Hall–Kier alpha value is -0.315. The largest absolute Gasteiger partial charge is 0.427 e. The van der Waals surface area contributed by atoms with Crippen LogP contribution in [0.25, 0.3) is 0 Å². The van der Waals surface area contributed by atoms with Crippen LogP contribution in [0.5, 0.6) is 0 Å². The second-order valence-corrected chi connectivity index (χ2v) is 4.67. The van der Waals surface area contributed by atoms with Gasteiger partial charge in [0, 0.05) is 6.54 Å². The van der Waals surface area contributed by atoms with Crippen molar-refractivity contribution in [2.24, 2.45) is 5.73 Å². The predicted molar refractivity (Wildman–Crippen MR) is 64.6 cm³/mol. The van der Waals surface area contributed by atoms with Gasteiger partial charge in [-0.2, -0.15) is 0 Å². The summed E-state index contributed by atoms with van der Waals surface area (Å²) in [6.45, 7) is 9.74. The van der Waals surface area contributed by atoms with E-state index in [4.69, 9.17) is 10.4 Å². The molecule has 3 nitrogen and oxygen atoms in total. The van der Waals surface area contributed by atoms with Crippen LogP contribution in [0.4, 0.5) is 0 Å². The summed E-state index contributed by atoms with van der Waals surface area (Å²) in [4.78, 5) is 0. The van der Waals surface area contributed by atoms with Crippen molar-refractivity contribution in [3.8, 4) is 0 Å². The molecule has 0 amide bonds. The third-order valence-corrected chi connectivity index (χ3v) is 2.77. The summed E-state index contributed by atoms with van der Waals surface area (Å²) in [5.74, 6) is 0. The Bertz CT molecular complexity index is 219. The first-order valence-corrected chi connectivity index (χ1v) is 5.37. The number of aliphatic hydroxyl groups is 1. The van der Waals surface area contributed by atoms with Gasteiger partial charge in [-0.1, -0.05) is 18.5 Å². The van der Waals surface area contributed by atoms with Crippen LogP contribution in [0.15, 0.2) is 11.5 Å². The molecule has 0 aliphatic heterocycles. The van der Waals surface area contributed by atoms with E-state index < -0.39 is 11.2 Å². The molecule has 0 aromatic heterocycles. The average molecular weight is 212 g/mol. The van der Waals surface area contributed by atoms with E-state index >= 15 is 0 Å². The Kier molecular flexibility index (Phi) is 5.56. The fourth-order valence-corrected chi connectivity index (χ4v) is 0.794. The van der Waals surface area contributed by atoms with Gasteiger partial charge in [-0.05, 0) is 34.1 Å². The summed E-state index contributed by atoms with van der Waals surface area (Å²) in [5, 5.41) is 9.87. The van der Waals surface area contributed by atoms with E-state index in [-0.39, 0.29) is 0 Å². The molecule has 3 N–H and O–H groups in total. The Morgan fingerprint density at radius 2 is 1.93 bits per heavy atom. The van der Waals surface area contributed by atoms with Gasteiger partial charge in [0.1, 0.15) is 0 Å². The molecule has 0 unspecified atom stereocenters. The smallest absolute Gasteiger partial charge is 0.326 e. The van der Waals surface area contributed by atoms with Crippen LogP contribution in [0.1, 0.15) is 41.0 Å². The zero-order valence-corrected chi connectivity index (χ0v) is 10.5. The summed E-state index contributed by atoms with van der Waals surface area (Å²) in [5.41, 5.74) is 4.98. The van der Waals surface area contributed by atoms with E-state index in [2.05, 4.69) is 0 Å². The third kappa shape index (κ3) is 4.82. The summed E-state index contributed by atoms with van der Waals surface area (Å²) >= 11 is 0. The molecule has 0 atom stereocenters. The van der Waals surface area contributed by atoms with Gasteiger partial charge in [-0.3, -0.25) is 0 Å². The second-order valence-electron chi connectivity index (χ2n) is 4.67. The van der Waals surface area contributed by atoms with Gasteiger partial charge >= 0.3 is 7.48 Å². The quantitative estimate of drug-likeness (QED) is 0.654. The molecule has 0 aromatic carbocycles. The summed E-state index contributed by atoms with van der Waals surface area (Å²) in [6, 6.07) is 0. The minimum atomic E-state index is -0.884. The zero-order valence-electron chi connectivity index (χ0n) is 10.5. The van der Waals surface area contributed by atoms with Crippen LogP contribution < -0.4 is 5.73 Å². The standard InChI is InChI=1S/C11H23BNO2/c1-6-9(7-8-13)12-15-11(4,5)10(2,3)14/h7,14H,6,8,13H2,1-5H3/b9-7+. The van der Waals surface area contributed by atoms with Crippen molar-refractivity contribution in [3.05, 3.63) is 11.5 Å². The number of nitrogens with two attached hydrogens (primary N) is 1. The fourth-order valence-electron chi connectivity index (χ4n) is 0.794. The Morgan fingerprint density at radius 1 is 1.40 bits per heavy atom. The highest BCUT2D eigenvalue weighted by Crippen LogP contribution is 2.25. The first-order valence-electron chi connectivity index (χ1n) is 5.37. The highest BCUT2D eigenvalue weighted by Gasteiger charge is 2.35. The zero-order chi connectivity index (χ0) is 12.1. The van der Waals surface area contributed by atoms with Gasteiger partial charge < -0.3 is 15.5 Å². The van der Waals surface area contributed by atoms with E-state index in [1.165, 1.54) is 0 Å². The number of allylic oxidation sites excluding steroid dienone is 1. The first kappa shape index (κ1) is 14.7. The average Bonchev–Trinajstić information content (AvgIpc) is 2.10. The normalized spacial score (nSPS) is 14.2. The van der Waals surface area contributed by atoms with Crippen molar-refractivity contribution >= 4 is 7.48 Å². The maximum Gasteiger partial charge on any atom is 0.326 e. The van der Waals surface area contributed by atoms with Crippen molar-refractivity contribution in [1.29, 1.82) is 0 Å². The molecule has 15 heavy (non-hydrogen) atoms. The number of rotatable bonds is 6. The van der Waals surface area contributed by atoms with E-state index in [9.17, 15) is 5.11 Å². The lowest BCUT2D eigenvalue weighted by Gasteiger charge is -2.37.